The van der Waals surface area contributed by atoms with Crippen LogP contribution in [0.5, 0.6) is 11.5 Å². The van der Waals surface area contributed by atoms with Crippen LogP contribution in [-0.4, -0.2) is 10.8 Å². The number of aromatic nitrogens is 1. The summed E-state index contributed by atoms with van der Waals surface area (Å²) >= 11 is 0. The molecule has 1 heterocycles. The number of hydrogen-bond donors (Lipinski definition) is 2. The highest BCUT2D eigenvalue weighted by atomic mass is 19.1. The summed E-state index contributed by atoms with van der Waals surface area (Å²) in [4.78, 5) is 3.89. The fourth-order valence-electron chi connectivity index (χ4n) is 1.34. The number of halogens is 1. The van der Waals surface area contributed by atoms with Gasteiger partial charge in [-0.25, -0.2) is 4.39 Å². The Hall–Kier alpha value is -2.43. The number of nitrogens with one attached hydrogen (secondary N) is 1. The van der Waals surface area contributed by atoms with Gasteiger partial charge >= 0.3 is 0 Å². The molecule has 3 N–H and O–H groups in total. The molecule has 0 bridgehead atoms. The minimum Gasteiger partial charge on any atom is -0.455 e. The predicted molar refractivity (Wildman–Crippen MR) is 61.7 cm³/mol. The van der Waals surface area contributed by atoms with Crippen LogP contribution in [0.2, 0.25) is 0 Å². The van der Waals surface area contributed by atoms with Crippen molar-refractivity contribution in [3.8, 4) is 11.5 Å². The van der Waals surface area contributed by atoms with Gasteiger partial charge in [-0.15, -0.1) is 0 Å². The van der Waals surface area contributed by atoms with Gasteiger partial charge in [0.1, 0.15) is 23.2 Å². The summed E-state index contributed by atoms with van der Waals surface area (Å²) in [5, 5.41) is 7.35. The van der Waals surface area contributed by atoms with Crippen molar-refractivity contribution >= 4 is 5.84 Å². The van der Waals surface area contributed by atoms with Crippen LogP contribution in [0.25, 0.3) is 0 Å². The van der Waals surface area contributed by atoms with Crippen LogP contribution >= 0.6 is 0 Å². The van der Waals surface area contributed by atoms with Gasteiger partial charge in [0.2, 0.25) is 0 Å². The normalized spacial score (nSPS) is 9.94. The Bertz CT molecular complexity index is 543. The lowest BCUT2D eigenvalue weighted by Crippen LogP contribution is -2.12. The van der Waals surface area contributed by atoms with E-state index in [0.717, 1.165) is 6.07 Å². The van der Waals surface area contributed by atoms with Gasteiger partial charge in [0.15, 0.2) is 0 Å². The first-order valence-corrected chi connectivity index (χ1v) is 4.88. The van der Waals surface area contributed by atoms with Gasteiger partial charge in [0.25, 0.3) is 0 Å². The number of ether oxygens (including phenoxy) is 1. The molecule has 2 aromatic rings. The van der Waals surface area contributed by atoms with Crippen molar-refractivity contribution in [1.29, 1.82) is 5.41 Å². The van der Waals surface area contributed by atoms with Crippen molar-refractivity contribution in [2.24, 2.45) is 5.73 Å². The smallest absolute Gasteiger partial charge is 0.145 e. The molecule has 0 saturated carbocycles. The first-order chi connectivity index (χ1) is 8.16. The Kier molecular flexibility index (Phi) is 3.00. The molecular weight excluding hydrogens is 221 g/mol. The number of hydrogen-bond acceptors (Lipinski definition) is 3. The van der Waals surface area contributed by atoms with E-state index in [1.807, 2.05) is 0 Å². The Morgan fingerprint density at radius 2 is 2.18 bits per heavy atom. The zero-order valence-corrected chi connectivity index (χ0v) is 8.85. The van der Waals surface area contributed by atoms with Gasteiger partial charge < -0.3 is 10.5 Å². The largest absolute Gasteiger partial charge is 0.455 e. The Morgan fingerprint density at radius 1 is 1.35 bits per heavy atom. The van der Waals surface area contributed by atoms with Crippen LogP contribution in [-0.2, 0) is 0 Å². The summed E-state index contributed by atoms with van der Waals surface area (Å²) in [6, 6.07) is 7.26. The molecule has 1 aromatic carbocycles. The molecule has 86 valence electrons. The third-order valence-corrected chi connectivity index (χ3v) is 2.09. The average molecular weight is 231 g/mol. The van der Waals surface area contributed by atoms with Crippen LogP contribution in [0, 0.1) is 11.2 Å². The summed E-state index contributed by atoms with van der Waals surface area (Å²) in [6.45, 7) is 0. The number of amidine groups is 1. The summed E-state index contributed by atoms with van der Waals surface area (Å²) in [5.41, 5.74) is 5.57. The van der Waals surface area contributed by atoms with Crippen LogP contribution in [0.3, 0.4) is 0 Å². The second-order valence-electron chi connectivity index (χ2n) is 3.34. The predicted octanol–water partition coefficient (Wildman–Crippen LogP) is 2.30. The second-order valence-corrected chi connectivity index (χ2v) is 3.34. The lowest BCUT2D eigenvalue weighted by molar-refractivity contribution is 0.477. The lowest BCUT2D eigenvalue weighted by Gasteiger charge is -2.09. The Labute approximate surface area is 97.4 Å². The molecule has 0 spiro atoms. The van der Waals surface area contributed by atoms with E-state index in [-0.39, 0.29) is 11.4 Å². The van der Waals surface area contributed by atoms with Crippen LogP contribution in [0.4, 0.5) is 4.39 Å². The van der Waals surface area contributed by atoms with E-state index < -0.39 is 5.82 Å². The standard InChI is InChI=1S/C12H10FN3O/c13-8-3-4-11(10(6-8)12(14)15)17-9-2-1-5-16-7-9/h1-7H,(H3,14,15). The maximum Gasteiger partial charge on any atom is 0.145 e. The highest BCUT2D eigenvalue weighted by molar-refractivity contribution is 5.97. The molecule has 0 aliphatic rings. The van der Waals surface area contributed by atoms with E-state index >= 15 is 0 Å². The van der Waals surface area contributed by atoms with E-state index in [4.69, 9.17) is 15.9 Å². The fourth-order valence-corrected chi connectivity index (χ4v) is 1.34. The summed E-state index contributed by atoms with van der Waals surface area (Å²) in [5.74, 6) is 0.116. The number of nitrogens with zero attached hydrogens (tertiary/aromatic N) is 1. The molecule has 17 heavy (non-hydrogen) atoms. The molecule has 0 fully saturated rings. The van der Waals surface area contributed by atoms with Gasteiger partial charge in [-0.05, 0) is 30.3 Å². The van der Waals surface area contributed by atoms with Crippen LogP contribution in [0.1, 0.15) is 5.56 Å². The first-order valence-electron chi connectivity index (χ1n) is 4.88. The maximum atomic E-state index is 13.0. The van der Waals surface area contributed by atoms with Gasteiger partial charge in [-0.3, -0.25) is 10.4 Å². The molecule has 2 rings (SSSR count). The third-order valence-electron chi connectivity index (χ3n) is 2.09. The monoisotopic (exact) mass is 231 g/mol. The first kappa shape index (κ1) is 11.1. The molecule has 0 aliphatic carbocycles. The van der Waals surface area contributed by atoms with Crippen LogP contribution in [0.15, 0.2) is 42.7 Å². The highest BCUT2D eigenvalue weighted by Gasteiger charge is 2.09. The van der Waals surface area contributed by atoms with E-state index in [9.17, 15) is 4.39 Å². The zero-order valence-electron chi connectivity index (χ0n) is 8.85. The van der Waals surface area contributed by atoms with Crippen molar-refractivity contribution in [3.05, 3.63) is 54.1 Å². The molecule has 5 heteroatoms. The van der Waals surface area contributed by atoms with Gasteiger partial charge in [-0.1, -0.05) is 0 Å². The van der Waals surface area contributed by atoms with E-state index in [1.165, 1.54) is 18.3 Å². The number of nitrogens with two attached hydrogens (primary N) is 1. The molecule has 0 radical (unpaired) electrons. The van der Waals surface area contributed by atoms with Crippen molar-refractivity contribution in [2.45, 2.75) is 0 Å². The molecule has 4 nitrogen and oxygen atoms in total. The number of rotatable bonds is 3. The quantitative estimate of drug-likeness (QED) is 0.628. The number of nitrogen functional groups attached to an aromatic ring is 1. The molecule has 0 atom stereocenters. The summed E-state index contributed by atoms with van der Waals surface area (Å²) in [6.07, 6.45) is 3.14. The maximum absolute atomic E-state index is 13.0. The van der Waals surface area contributed by atoms with E-state index in [1.54, 1.807) is 18.3 Å². The SMILES string of the molecule is N=C(N)c1cc(F)ccc1Oc1cccnc1. The lowest BCUT2D eigenvalue weighted by atomic mass is 10.2. The molecule has 0 aliphatic heterocycles. The molecular formula is C12H10FN3O. The minimum atomic E-state index is -0.464. The Morgan fingerprint density at radius 3 is 2.82 bits per heavy atom. The van der Waals surface area contributed by atoms with Gasteiger partial charge in [-0.2, -0.15) is 0 Å². The highest BCUT2D eigenvalue weighted by Crippen LogP contribution is 2.25. The molecule has 0 unspecified atom stereocenters. The average Bonchev–Trinajstić information content (AvgIpc) is 2.32. The van der Waals surface area contributed by atoms with E-state index in [2.05, 4.69) is 4.98 Å². The third kappa shape index (κ3) is 2.57. The fraction of sp³-hybridized carbons (Fsp3) is 0. The number of pyridine rings is 1. The van der Waals surface area contributed by atoms with Crippen molar-refractivity contribution in [2.75, 3.05) is 0 Å². The van der Waals surface area contributed by atoms with E-state index in [0.29, 0.717) is 11.5 Å². The number of benzene rings is 1. The molecule has 0 amide bonds. The molecule has 1 aromatic heterocycles. The second kappa shape index (κ2) is 4.61. The molecule has 0 saturated heterocycles. The van der Waals surface area contributed by atoms with Crippen LogP contribution < -0.4 is 10.5 Å². The van der Waals surface area contributed by atoms with Crippen molar-refractivity contribution in [1.82, 2.24) is 4.98 Å². The van der Waals surface area contributed by atoms with Crippen molar-refractivity contribution in [3.63, 3.8) is 0 Å². The zero-order chi connectivity index (χ0) is 12.3. The summed E-state index contributed by atoms with van der Waals surface area (Å²) < 4.78 is 18.5. The minimum absolute atomic E-state index is 0.217. The summed E-state index contributed by atoms with van der Waals surface area (Å²) in [7, 11) is 0. The van der Waals surface area contributed by atoms with Crippen molar-refractivity contribution < 1.29 is 9.13 Å². The van der Waals surface area contributed by atoms with Gasteiger partial charge in [0.05, 0.1) is 11.8 Å². The van der Waals surface area contributed by atoms with Gasteiger partial charge in [0, 0.05) is 6.20 Å². The topological polar surface area (TPSA) is 72.0 Å². The Balaban J connectivity index is 2.36.